The van der Waals surface area contributed by atoms with Crippen LogP contribution in [0.5, 0.6) is 0 Å². The number of hydrogen-bond acceptors (Lipinski definition) is 4. The summed E-state index contributed by atoms with van der Waals surface area (Å²) in [7, 11) is 0. The average Bonchev–Trinajstić information content (AvgIpc) is 2.28. The second-order valence-corrected chi connectivity index (χ2v) is 4.80. The van der Waals surface area contributed by atoms with Gasteiger partial charge in [-0.25, -0.2) is 14.8 Å². The van der Waals surface area contributed by atoms with Crippen molar-refractivity contribution in [3.8, 4) is 0 Å². The normalized spacial score (nSPS) is 24.5. The monoisotopic (exact) mass is 235 g/mol. The van der Waals surface area contributed by atoms with E-state index in [4.69, 9.17) is 10.8 Å². The topological polar surface area (TPSA) is 89.1 Å². The maximum Gasteiger partial charge on any atom is 0.341 e. The van der Waals surface area contributed by atoms with Crippen molar-refractivity contribution < 1.29 is 9.90 Å². The molecule has 1 heterocycles. The van der Waals surface area contributed by atoms with Gasteiger partial charge < -0.3 is 10.8 Å². The molecule has 5 heteroatoms. The molecular weight excluding hydrogens is 218 g/mol. The number of hydrogen-bond donors (Lipinski definition) is 2. The molecule has 0 spiro atoms. The van der Waals surface area contributed by atoms with Crippen LogP contribution in [-0.2, 0) is 0 Å². The summed E-state index contributed by atoms with van der Waals surface area (Å²) in [5.74, 6) is 0.687. The van der Waals surface area contributed by atoms with Crippen LogP contribution in [0.3, 0.4) is 0 Å². The van der Waals surface area contributed by atoms with Gasteiger partial charge in [0.25, 0.3) is 0 Å². The van der Waals surface area contributed by atoms with E-state index in [1.165, 1.54) is 19.0 Å². The fourth-order valence-corrected chi connectivity index (χ4v) is 2.44. The van der Waals surface area contributed by atoms with E-state index in [1.54, 1.807) is 0 Å². The van der Waals surface area contributed by atoms with Gasteiger partial charge in [0.2, 0.25) is 0 Å². The van der Waals surface area contributed by atoms with Crippen LogP contribution in [0, 0.1) is 5.92 Å². The van der Waals surface area contributed by atoms with Crippen molar-refractivity contribution in [2.75, 3.05) is 5.73 Å². The van der Waals surface area contributed by atoms with Crippen LogP contribution in [0.25, 0.3) is 0 Å². The van der Waals surface area contributed by atoms with Crippen LogP contribution in [0.15, 0.2) is 6.20 Å². The van der Waals surface area contributed by atoms with Crippen LogP contribution in [0.1, 0.15) is 54.7 Å². The molecule has 1 saturated carbocycles. The Bertz CT molecular complexity index is 434. The largest absolute Gasteiger partial charge is 0.477 e. The molecule has 3 N–H and O–H groups in total. The van der Waals surface area contributed by atoms with Gasteiger partial charge in [0.1, 0.15) is 17.2 Å². The van der Waals surface area contributed by atoms with Gasteiger partial charge in [0, 0.05) is 12.1 Å². The lowest BCUT2D eigenvalue weighted by Gasteiger charge is -2.25. The summed E-state index contributed by atoms with van der Waals surface area (Å²) in [6.45, 7) is 2.22. The predicted octanol–water partition coefficient (Wildman–Crippen LogP) is 2.05. The van der Waals surface area contributed by atoms with Crippen LogP contribution in [0.2, 0.25) is 0 Å². The first-order valence-electron chi connectivity index (χ1n) is 5.93. The molecule has 1 aromatic rings. The minimum absolute atomic E-state index is 0.0161. The summed E-state index contributed by atoms with van der Waals surface area (Å²) in [5, 5.41) is 8.85. The van der Waals surface area contributed by atoms with Crippen molar-refractivity contribution in [2.45, 2.75) is 38.5 Å². The van der Waals surface area contributed by atoms with Crippen molar-refractivity contribution in [3.63, 3.8) is 0 Å². The van der Waals surface area contributed by atoms with Gasteiger partial charge in [-0.15, -0.1) is 0 Å². The summed E-state index contributed by atoms with van der Waals surface area (Å²) in [4.78, 5) is 19.1. The minimum atomic E-state index is -1.08. The molecule has 1 aliphatic rings. The van der Waals surface area contributed by atoms with Gasteiger partial charge in [-0.2, -0.15) is 0 Å². The van der Waals surface area contributed by atoms with Crippen molar-refractivity contribution in [3.05, 3.63) is 17.6 Å². The summed E-state index contributed by atoms with van der Waals surface area (Å²) >= 11 is 0. The Morgan fingerprint density at radius 2 is 2.29 bits per heavy atom. The van der Waals surface area contributed by atoms with E-state index >= 15 is 0 Å². The lowest BCUT2D eigenvalue weighted by molar-refractivity contribution is 0.0697. The highest BCUT2D eigenvalue weighted by Crippen LogP contribution is 2.34. The Morgan fingerprint density at radius 3 is 2.88 bits per heavy atom. The van der Waals surface area contributed by atoms with Gasteiger partial charge in [0.05, 0.1) is 0 Å². The molecule has 1 aliphatic carbocycles. The third-order valence-electron chi connectivity index (χ3n) is 3.37. The number of nitrogens with two attached hydrogens (primary N) is 1. The maximum absolute atomic E-state index is 10.8. The molecule has 0 radical (unpaired) electrons. The smallest absolute Gasteiger partial charge is 0.341 e. The third-order valence-corrected chi connectivity index (χ3v) is 3.37. The summed E-state index contributed by atoms with van der Waals surface area (Å²) in [6, 6.07) is 0. The first kappa shape index (κ1) is 11.8. The molecule has 2 unspecified atom stereocenters. The number of anilines is 1. The molecule has 0 amide bonds. The number of nitrogen functional groups attached to an aromatic ring is 1. The third kappa shape index (κ3) is 2.54. The second kappa shape index (κ2) is 4.69. The van der Waals surface area contributed by atoms with E-state index < -0.39 is 5.97 Å². The Kier molecular flexibility index (Phi) is 3.26. The van der Waals surface area contributed by atoms with E-state index in [9.17, 15) is 4.79 Å². The van der Waals surface area contributed by atoms with Crippen LogP contribution >= 0.6 is 0 Å². The van der Waals surface area contributed by atoms with Gasteiger partial charge in [-0.1, -0.05) is 19.8 Å². The number of rotatable bonds is 2. The average molecular weight is 235 g/mol. The number of aromatic carboxylic acids is 1. The molecule has 0 bridgehead atoms. The summed E-state index contributed by atoms with van der Waals surface area (Å²) < 4.78 is 0. The molecule has 0 saturated heterocycles. The lowest BCUT2D eigenvalue weighted by atomic mass is 9.82. The number of carboxylic acids is 1. The zero-order valence-electron chi connectivity index (χ0n) is 9.89. The SMILES string of the molecule is CC1CCCC(c2ncc(C(=O)O)c(N)n2)C1. The molecule has 0 aromatic carbocycles. The first-order valence-corrected chi connectivity index (χ1v) is 5.93. The van der Waals surface area contributed by atoms with E-state index in [0.29, 0.717) is 17.7 Å². The molecule has 1 fully saturated rings. The van der Waals surface area contributed by atoms with Crippen LogP contribution < -0.4 is 5.73 Å². The van der Waals surface area contributed by atoms with Gasteiger partial charge in [-0.05, 0) is 18.8 Å². The zero-order chi connectivity index (χ0) is 12.4. The molecular formula is C12H17N3O2. The standard InChI is InChI=1S/C12H17N3O2/c1-7-3-2-4-8(5-7)11-14-6-9(12(16)17)10(13)15-11/h6-8H,2-5H2,1H3,(H,16,17)(H2,13,14,15). The van der Waals surface area contributed by atoms with E-state index in [-0.39, 0.29) is 11.4 Å². The number of carboxylic acid groups (broad SMARTS) is 1. The highest BCUT2D eigenvalue weighted by molar-refractivity contribution is 5.92. The van der Waals surface area contributed by atoms with E-state index in [1.807, 2.05) is 0 Å². The molecule has 92 valence electrons. The zero-order valence-corrected chi connectivity index (χ0v) is 9.89. The summed E-state index contributed by atoms with van der Waals surface area (Å²) in [6.07, 6.45) is 5.87. The van der Waals surface area contributed by atoms with Crippen LogP contribution in [0.4, 0.5) is 5.82 Å². The molecule has 17 heavy (non-hydrogen) atoms. The minimum Gasteiger partial charge on any atom is -0.477 e. The highest BCUT2D eigenvalue weighted by atomic mass is 16.4. The molecule has 1 aromatic heterocycles. The fourth-order valence-electron chi connectivity index (χ4n) is 2.44. The lowest BCUT2D eigenvalue weighted by Crippen LogP contribution is -2.16. The van der Waals surface area contributed by atoms with Crippen molar-refractivity contribution in [2.24, 2.45) is 5.92 Å². The van der Waals surface area contributed by atoms with Crippen molar-refractivity contribution >= 4 is 11.8 Å². The molecule has 2 rings (SSSR count). The molecule has 5 nitrogen and oxygen atoms in total. The first-order chi connectivity index (χ1) is 8.08. The Morgan fingerprint density at radius 1 is 1.53 bits per heavy atom. The number of carbonyl (C=O) groups is 1. The van der Waals surface area contributed by atoms with Gasteiger partial charge >= 0.3 is 5.97 Å². The summed E-state index contributed by atoms with van der Waals surface area (Å²) in [5.41, 5.74) is 5.62. The Balaban J connectivity index is 2.22. The van der Waals surface area contributed by atoms with E-state index in [0.717, 1.165) is 12.8 Å². The number of aromatic nitrogens is 2. The van der Waals surface area contributed by atoms with Gasteiger partial charge in [-0.3, -0.25) is 0 Å². The van der Waals surface area contributed by atoms with Crippen molar-refractivity contribution in [1.82, 2.24) is 9.97 Å². The van der Waals surface area contributed by atoms with Crippen molar-refractivity contribution in [1.29, 1.82) is 0 Å². The van der Waals surface area contributed by atoms with Crippen LogP contribution in [-0.4, -0.2) is 21.0 Å². The fraction of sp³-hybridized carbons (Fsp3) is 0.583. The quantitative estimate of drug-likeness (QED) is 0.818. The van der Waals surface area contributed by atoms with E-state index in [2.05, 4.69) is 16.9 Å². The maximum atomic E-state index is 10.8. The molecule has 0 aliphatic heterocycles. The second-order valence-electron chi connectivity index (χ2n) is 4.80. The number of nitrogens with zero attached hydrogens (tertiary/aromatic N) is 2. The Hall–Kier alpha value is -1.65. The predicted molar refractivity (Wildman–Crippen MR) is 63.8 cm³/mol. The van der Waals surface area contributed by atoms with Gasteiger partial charge in [0.15, 0.2) is 0 Å². The highest BCUT2D eigenvalue weighted by Gasteiger charge is 2.23. The Labute approximate surface area is 100 Å². The molecule has 2 atom stereocenters.